The lowest BCUT2D eigenvalue weighted by molar-refractivity contribution is -0.134. The van der Waals surface area contributed by atoms with Gasteiger partial charge in [-0.2, -0.15) is 5.10 Å². The predicted octanol–water partition coefficient (Wildman–Crippen LogP) is 1.10. The van der Waals surface area contributed by atoms with Crippen molar-refractivity contribution in [1.82, 2.24) is 24.0 Å². The Bertz CT molecular complexity index is 1020. The Hall–Kier alpha value is -2.61. The Labute approximate surface area is 150 Å². The van der Waals surface area contributed by atoms with E-state index in [1.165, 1.54) is 4.68 Å². The molecule has 138 valence electrons. The molecule has 8 heteroatoms. The van der Waals surface area contributed by atoms with Crippen LogP contribution in [-0.4, -0.2) is 62.1 Å². The highest BCUT2D eigenvalue weighted by molar-refractivity contribution is 5.82. The van der Waals surface area contributed by atoms with Gasteiger partial charge in [0.25, 0.3) is 5.56 Å². The molecule has 0 unspecified atom stereocenters. The SMILES string of the molecule is Cc1nn(CC(=O)N2CCN(C(C)C)CC2)c(=O)c2cc3occc3n12. The van der Waals surface area contributed by atoms with E-state index in [1.807, 2.05) is 11.8 Å². The lowest BCUT2D eigenvalue weighted by Gasteiger charge is -2.36. The average Bonchev–Trinajstić information content (AvgIpc) is 3.20. The van der Waals surface area contributed by atoms with E-state index < -0.39 is 0 Å². The van der Waals surface area contributed by atoms with Crippen LogP contribution in [0.5, 0.6) is 0 Å². The molecular formula is C18H23N5O3. The van der Waals surface area contributed by atoms with E-state index in [0.717, 1.165) is 18.6 Å². The molecule has 4 rings (SSSR count). The Morgan fingerprint density at radius 2 is 1.96 bits per heavy atom. The Morgan fingerprint density at radius 3 is 2.65 bits per heavy atom. The maximum absolute atomic E-state index is 12.8. The molecule has 0 saturated carbocycles. The van der Waals surface area contributed by atoms with E-state index in [2.05, 4.69) is 23.8 Å². The fraction of sp³-hybridized carbons (Fsp3) is 0.500. The fourth-order valence-electron chi connectivity index (χ4n) is 3.65. The minimum Gasteiger partial charge on any atom is -0.463 e. The third-order valence-corrected chi connectivity index (χ3v) is 5.15. The number of fused-ring (bicyclic) bond motifs is 3. The molecule has 8 nitrogen and oxygen atoms in total. The first-order valence-corrected chi connectivity index (χ1v) is 8.94. The van der Waals surface area contributed by atoms with Gasteiger partial charge in [0.05, 0.1) is 11.8 Å². The van der Waals surface area contributed by atoms with Gasteiger partial charge < -0.3 is 9.32 Å². The molecule has 0 atom stereocenters. The smallest absolute Gasteiger partial charge is 0.291 e. The molecule has 1 aliphatic heterocycles. The number of carbonyl (C=O) groups is 1. The number of hydrogen-bond acceptors (Lipinski definition) is 5. The largest absolute Gasteiger partial charge is 0.463 e. The number of furan rings is 1. The van der Waals surface area contributed by atoms with E-state index >= 15 is 0 Å². The topological polar surface area (TPSA) is 76.0 Å². The highest BCUT2D eigenvalue weighted by Crippen LogP contribution is 2.20. The zero-order valence-corrected chi connectivity index (χ0v) is 15.3. The van der Waals surface area contributed by atoms with Crippen molar-refractivity contribution >= 4 is 22.5 Å². The molecule has 1 amide bonds. The molecular weight excluding hydrogens is 334 g/mol. The summed E-state index contributed by atoms with van der Waals surface area (Å²) < 4.78 is 8.41. The molecule has 0 radical (unpaired) electrons. The van der Waals surface area contributed by atoms with Gasteiger partial charge >= 0.3 is 0 Å². The number of aromatic nitrogens is 3. The standard InChI is InChI=1S/C18H23N5O3/c1-12(2)20-5-7-21(8-6-20)17(24)11-22-18(25)15-10-16-14(4-9-26-16)23(15)13(3)19-22/h4,9-10,12H,5-8,11H2,1-3H3. The van der Waals surface area contributed by atoms with Crippen LogP contribution in [0.15, 0.2) is 27.6 Å². The molecule has 1 fully saturated rings. The van der Waals surface area contributed by atoms with Crippen molar-refractivity contribution in [2.45, 2.75) is 33.4 Å². The number of amides is 1. The number of hydrogen-bond donors (Lipinski definition) is 0. The average molecular weight is 357 g/mol. The quantitative estimate of drug-likeness (QED) is 0.702. The first kappa shape index (κ1) is 16.8. The summed E-state index contributed by atoms with van der Waals surface area (Å²) in [6.07, 6.45) is 1.59. The molecule has 0 aromatic carbocycles. The van der Waals surface area contributed by atoms with Crippen molar-refractivity contribution in [3.05, 3.63) is 34.6 Å². The monoisotopic (exact) mass is 357 g/mol. The van der Waals surface area contributed by atoms with Gasteiger partial charge in [-0.05, 0) is 20.8 Å². The second-order valence-corrected chi connectivity index (χ2v) is 7.06. The van der Waals surface area contributed by atoms with E-state index in [4.69, 9.17) is 4.42 Å². The highest BCUT2D eigenvalue weighted by Gasteiger charge is 2.23. The molecule has 0 N–H and O–H groups in total. The minimum atomic E-state index is -0.281. The van der Waals surface area contributed by atoms with Gasteiger partial charge in [-0.1, -0.05) is 0 Å². The normalized spacial score (nSPS) is 16.2. The van der Waals surface area contributed by atoms with Crippen molar-refractivity contribution in [1.29, 1.82) is 0 Å². The van der Waals surface area contributed by atoms with Gasteiger partial charge in [0.15, 0.2) is 5.58 Å². The van der Waals surface area contributed by atoms with Gasteiger partial charge in [-0.25, -0.2) is 4.68 Å². The van der Waals surface area contributed by atoms with Crippen molar-refractivity contribution in [3.63, 3.8) is 0 Å². The second-order valence-electron chi connectivity index (χ2n) is 7.06. The zero-order valence-electron chi connectivity index (χ0n) is 15.3. The minimum absolute atomic E-state index is 0.0373. The summed E-state index contributed by atoms with van der Waals surface area (Å²) in [4.78, 5) is 29.6. The molecule has 4 heterocycles. The highest BCUT2D eigenvalue weighted by atomic mass is 16.3. The Balaban J connectivity index is 1.58. The summed E-state index contributed by atoms with van der Waals surface area (Å²) in [5, 5.41) is 4.35. The first-order valence-electron chi connectivity index (χ1n) is 8.94. The summed E-state index contributed by atoms with van der Waals surface area (Å²) in [6, 6.07) is 3.99. The van der Waals surface area contributed by atoms with Crippen LogP contribution in [0, 0.1) is 6.92 Å². The maximum atomic E-state index is 12.8. The van der Waals surface area contributed by atoms with Crippen LogP contribution in [0.25, 0.3) is 16.6 Å². The van der Waals surface area contributed by atoms with E-state index in [9.17, 15) is 9.59 Å². The van der Waals surface area contributed by atoms with Crippen LogP contribution in [-0.2, 0) is 11.3 Å². The van der Waals surface area contributed by atoms with E-state index in [1.54, 1.807) is 22.8 Å². The maximum Gasteiger partial charge on any atom is 0.291 e. The van der Waals surface area contributed by atoms with Gasteiger partial charge in [-0.3, -0.25) is 18.9 Å². The lowest BCUT2D eigenvalue weighted by atomic mass is 10.2. The summed E-state index contributed by atoms with van der Waals surface area (Å²) in [7, 11) is 0. The molecule has 0 aliphatic carbocycles. The van der Waals surface area contributed by atoms with E-state index in [-0.39, 0.29) is 18.0 Å². The van der Waals surface area contributed by atoms with Crippen LogP contribution >= 0.6 is 0 Å². The van der Waals surface area contributed by atoms with Crippen molar-refractivity contribution in [2.75, 3.05) is 26.2 Å². The first-order chi connectivity index (χ1) is 12.5. The number of piperazine rings is 1. The van der Waals surface area contributed by atoms with E-state index in [0.29, 0.717) is 36.1 Å². The van der Waals surface area contributed by atoms with Crippen LogP contribution < -0.4 is 5.56 Å². The molecule has 1 saturated heterocycles. The number of rotatable bonds is 3. The van der Waals surface area contributed by atoms with Crippen LogP contribution in [0.4, 0.5) is 0 Å². The molecule has 0 spiro atoms. The van der Waals surface area contributed by atoms with Gasteiger partial charge in [0, 0.05) is 44.4 Å². The number of nitrogens with zero attached hydrogens (tertiary/aromatic N) is 5. The van der Waals surface area contributed by atoms with Crippen LogP contribution in [0.1, 0.15) is 19.7 Å². The van der Waals surface area contributed by atoms with Gasteiger partial charge in [-0.15, -0.1) is 0 Å². The van der Waals surface area contributed by atoms with Crippen molar-refractivity contribution < 1.29 is 9.21 Å². The molecule has 3 aromatic rings. The zero-order chi connectivity index (χ0) is 18.4. The third-order valence-electron chi connectivity index (χ3n) is 5.15. The Morgan fingerprint density at radius 1 is 1.23 bits per heavy atom. The Kier molecular flexibility index (Phi) is 4.07. The predicted molar refractivity (Wildman–Crippen MR) is 97.3 cm³/mol. The van der Waals surface area contributed by atoms with Gasteiger partial charge in [0.2, 0.25) is 5.91 Å². The second kappa shape index (κ2) is 6.28. The molecule has 0 bridgehead atoms. The van der Waals surface area contributed by atoms with Crippen molar-refractivity contribution in [3.8, 4) is 0 Å². The van der Waals surface area contributed by atoms with Crippen LogP contribution in [0.3, 0.4) is 0 Å². The van der Waals surface area contributed by atoms with Crippen LogP contribution in [0.2, 0.25) is 0 Å². The summed E-state index contributed by atoms with van der Waals surface area (Å²) >= 11 is 0. The summed E-state index contributed by atoms with van der Waals surface area (Å²) in [6.45, 7) is 9.19. The fourth-order valence-corrected chi connectivity index (χ4v) is 3.65. The van der Waals surface area contributed by atoms with Gasteiger partial charge in [0.1, 0.15) is 17.9 Å². The summed E-state index contributed by atoms with van der Waals surface area (Å²) in [5.74, 6) is 0.579. The molecule has 3 aromatic heterocycles. The number of aryl methyl sites for hydroxylation is 1. The molecule has 1 aliphatic rings. The number of carbonyl (C=O) groups excluding carboxylic acids is 1. The van der Waals surface area contributed by atoms with Crippen molar-refractivity contribution in [2.24, 2.45) is 0 Å². The summed E-state index contributed by atoms with van der Waals surface area (Å²) in [5.41, 5.74) is 1.65. The molecule has 26 heavy (non-hydrogen) atoms. The lowest BCUT2D eigenvalue weighted by Crippen LogP contribution is -2.51. The third kappa shape index (κ3) is 2.70.